The van der Waals surface area contributed by atoms with Crippen molar-refractivity contribution >= 4 is 63.6 Å². The number of benzene rings is 3. The van der Waals surface area contributed by atoms with Gasteiger partial charge in [0.25, 0.3) is 17.7 Å². The molecule has 5 rings (SSSR count). The van der Waals surface area contributed by atoms with E-state index in [9.17, 15) is 19.2 Å². The van der Waals surface area contributed by atoms with Crippen molar-refractivity contribution in [1.82, 2.24) is 20.2 Å². The molecule has 12 nitrogen and oxygen atoms in total. The van der Waals surface area contributed by atoms with Crippen molar-refractivity contribution in [3.8, 4) is 0 Å². The Hall–Kier alpha value is -5.23. The van der Waals surface area contributed by atoms with Gasteiger partial charge in [-0.05, 0) is 60.9 Å². The van der Waals surface area contributed by atoms with Crippen LogP contribution in [0.3, 0.4) is 0 Å². The van der Waals surface area contributed by atoms with E-state index < -0.39 is 17.9 Å². The zero-order chi connectivity index (χ0) is 30.7. The number of nitrogen functional groups attached to an aromatic ring is 2. The van der Waals surface area contributed by atoms with E-state index in [0.29, 0.717) is 39.2 Å². The molecular formula is C30H28ClN7O5. The van der Waals surface area contributed by atoms with Crippen LogP contribution in [-0.2, 0) is 16.1 Å². The van der Waals surface area contributed by atoms with Gasteiger partial charge < -0.3 is 26.8 Å². The van der Waals surface area contributed by atoms with Gasteiger partial charge >= 0.3 is 5.97 Å². The maximum atomic E-state index is 13.0. The second-order valence-electron chi connectivity index (χ2n) is 9.83. The fourth-order valence-electron chi connectivity index (χ4n) is 4.88. The Balaban J connectivity index is 1.17. The van der Waals surface area contributed by atoms with E-state index in [1.807, 2.05) is 6.07 Å². The van der Waals surface area contributed by atoms with Gasteiger partial charge in [0, 0.05) is 24.3 Å². The third kappa shape index (κ3) is 6.04. The van der Waals surface area contributed by atoms with Crippen LogP contribution in [0.2, 0.25) is 5.02 Å². The summed E-state index contributed by atoms with van der Waals surface area (Å²) in [7, 11) is 1.23. The molecule has 4 aromatic rings. The van der Waals surface area contributed by atoms with Crippen molar-refractivity contribution < 1.29 is 23.9 Å². The number of carbonyl (C=O) groups is 4. The highest BCUT2D eigenvalue weighted by Gasteiger charge is 2.35. The summed E-state index contributed by atoms with van der Waals surface area (Å²) in [4.78, 5) is 59.8. The number of nitrogens with zero attached hydrogens (tertiary/aromatic N) is 3. The molecule has 0 spiro atoms. The molecule has 1 atom stereocenters. The normalized spacial score (nSPS) is 13.1. The predicted octanol–water partition coefficient (Wildman–Crippen LogP) is 3.41. The number of rotatable bonds is 10. The summed E-state index contributed by atoms with van der Waals surface area (Å²) < 4.78 is 4.86. The van der Waals surface area contributed by atoms with Gasteiger partial charge in [-0.1, -0.05) is 29.8 Å². The summed E-state index contributed by atoms with van der Waals surface area (Å²) in [5, 5.41) is 6.86. The highest BCUT2D eigenvalue weighted by atomic mass is 35.5. The monoisotopic (exact) mass is 601 g/mol. The first-order chi connectivity index (χ1) is 20.7. The number of halogens is 1. The molecule has 0 radical (unpaired) electrons. The second-order valence-corrected chi connectivity index (χ2v) is 10.2. The Labute approximate surface area is 251 Å². The van der Waals surface area contributed by atoms with Gasteiger partial charge in [-0.3, -0.25) is 19.3 Å². The maximum absolute atomic E-state index is 13.0. The number of nitrogens with one attached hydrogen (secondary N) is 2. The number of hydrogen-bond donors (Lipinski definition) is 4. The number of esters is 1. The number of anilines is 3. The average molecular weight is 602 g/mol. The van der Waals surface area contributed by atoms with Crippen LogP contribution >= 0.6 is 11.6 Å². The van der Waals surface area contributed by atoms with Gasteiger partial charge in [0.15, 0.2) is 0 Å². The number of methoxy groups -OCH3 is 1. The highest BCUT2D eigenvalue weighted by Crippen LogP contribution is 2.31. The van der Waals surface area contributed by atoms with E-state index in [4.69, 9.17) is 27.8 Å². The number of ether oxygens (including phenoxy) is 1. The zero-order valence-electron chi connectivity index (χ0n) is 23.1. The topological polar surface area (TPSA) is 183 Å². The minimum atomic E-state index is -0.965. The SMILES string of the molecule is COC(=O)[C@H](CCCN1C(=O)c2ccccc2C1=O)NC(=O)c1ccc(NCc2ccc3nc(N)nc(N)c3c2Cl)cc1. The molecule has 0 saturated carbocycles. The van der Waals surface area contributed by atoms with E-state index in [0.717, 1.165) is 16.2 Å². The molecule has 0 fully saturated rings. The van der Waals surface area contributed by atoms with Crippen molar-refractivity contribution in [2.75, 3.05) is 30.4 Å². The molecule has 0 aliphatic carbocycles. The lowest BCUT2D eigenvalue weighted by molar-refractivity contribution is -0.143. The molecule has 13 heteroatoms. The first kappa shape index (κ1) is 29.3. The summed E-state index contributed by atoms with van der Waals surface area (Å²) in [6, 6.07) is 15.9. The number of hydrogen-bond acceptors (Lipinski definition) is 10. The number of fused-ring (bicyclic) bond motifs is 2. The molecule has 1 aliphatic rings. The lowest BCUT2D eigenvalue weighted by Crippen LogP contribution is -2.42. The van der Waals surface area contributed by atoms with Gasteiger partial charge in [-0.25, -0.2) is 9.78 Å². The summed E-state index contributed by atoms with van der Waals surface area (Å²) >= 11 is 6.56. The second kappa shape index (κ2) is 12.3. The first-order valence-corrected chi connectivity index (χ1v) is 13.7. The van der Waals surface area contributed by atoms with Crippen molar-refractivity contribution in [3.05, 3.63) is 87.9 Å². The minimum Gasteiger partial charge on any atom is -0.467 e. The molecule has 43 heavy (non-hydrogen) atoms. The minimum absolute atomic E-state index is 0.0652. The van der Waals surface area contributed by atoms with Crippen LogP contribution in [0.1, 0.15) is 49.5 Å². The van der Waals surface area contributed by atoms with Crippen LogP contribution in [0.5, 0.6) is 0 Å². The molecule has 0 saturated heterocycles. The lowest BCUT2D eigenvalue weighted by atomic mass is 10.1. The molecule has 1 aliphatic heterocycles. The number of aromatic nitrogens is 2. The summed E-state index contributed by atoms with van der Waals surface area (Å²) in [6.45, 7) is 0.465. The zero-order valence-corrected chi connectivity index (χ0v) is 23.9. The van der Waals surface area contributed by atoms with Crippen LogP contribution < -0.4 is 22.1 Å². The van der Waals surface area contributed by atoms with E-state index in [1.165, 1.54) is 7.11 Å². The summed E-state index contributed by atoms with van der Waals surface area (Å²) in [6.07, 6.45) is 0.455. The van der Waals surface area contributed by atoms with E-state index >= 15 is 0 Å². The van der Waals surface area contributed by atoms with Crippen LogP contribution in [0.25, 0.3) is 10.9 Å². The molecule has 0 unspecified atom stereocenters. The molecule has 3 aromatic carbocycles. The Morgan fingerprint density at radius 2 is 1.65 bits per heavy atom. The van der Waals surface area contributed by atoms with Crippen LogP contribution in [0.15, 0.2) is 60.7 Å². The molecule has 6 N–H and O–H groups in total. The van der Waals surface area contributed by atoms with Crippen LogP contribution in [-0.4, -0.2) is 58.3 Å². The first-order valence-electron chi connectivity index (χ1n) is 13.4. The largest absolute Gasteiger partial charge is 0.467 e. The van der Waals surface area contributed by atoms with Crippen molar-refractivity contribution in [3.63, 3.8) is 0 Å². The number of imide groups is 1. The van der Waals surface area contributed by atoms with Gasteiger partial charge in [-0.2, -0.15) is 4.98 Å². The maximum Gasteiger partial charge on any atom is 0.328 e. The molecule has 3 amide bonds. The third-order valence-electron chi connectivity index (χ3n) is 7.10. The smallest absolute Gasteiger partial charge is 0.328 e. The fraction of sp³-hybridized carbons (Fsp3) is 0.200. The Bertz CT molecular complexity index is 1710. The van der Waals surface area contributed by atoms with Crippen molar-refractivity contribution in [2.45, 2.75) is 25.4 Å². The Morgan fingerprint density at radius 1 is 0.977 bits per heavy atom. The van der Waals surface area contributed by atoms with E-state index in [2.05, 4.69) is 20.6 Å². The van der Waals surface area contributed by atoms with Crippen LogP contribution in [0.4, 0.5) is 17.5 Å². The third-order valence-corrected chi connectivity index (χ3v) is 7.53. The average Bonchev–Trinajstić information content (AvgIpc) is 3.24. The highest BCUT2D eigenvalue weighted by molar-refractivity contribution is 6.37. The number of amides is 3. The molecule has 2 heterocycles. The predicted molar refractivity (Wildman–Crippen MR) is 161 cm³/mol. The summed E-state index contributed by atoms with van der Waals surface area (Å²) in [5.74, 6) is -1.60. The van der Waals surface area contributed by atoms with Crippen molar-refractivity contribution in [1.29, 1.82) is 0 Å². The molecule has 220 valence electrons. The van der Waals surface area contributed by atoms with Gasteiger partial charge in [-0.15, -0.1) is 0 Å². The molecule has 1 aromatic heterocycles. The standard InChI is InChI=1S/C30H28ClN7O5/c1-43-29(42)22(7-4-14-38-27(40)19-5-2-3-6-20(19)28(38)41)35-26(39)16-8-11-18(12-9-16)34-15-17-10-13-21-23(24(17)31)25(32)37-30(33)36-21/h2-3,5-6,8-13,22,34H,4,7,14-15H2,1H3,(H,35,39)(H4,32,33,36,37)/t22-/m0/s1. The van der Waals surface area contributed by atoms with Crippen molar-refractivity contribution in [2.24, 2.45) is 0 Å². The van der Waals surface area contributed by atoms with Gasteiger partial charge in [0.05, 0.1) is 34.2 Å². The molecular weight excluding hydrogens is 574 g/mol. The van der Waals surface area contributed by atoms with E-state index in [1.54, 1.807) is 54.6 Å². The van der Waals surface area contributed by atoms with Gasteiger partial charge in [0.2, 0.25) is 5.95 Å². The lowest BCUT2D eigenvalue weighted by Gasteiger charge is -2.19. The fourth-order valence-corrected chi connectivity index (χ4v) is 5.20. The van der Waals surface area contributed by atoms with Crippen LogP contribution in [0, 0.1) is 0 Å². The van der Waals surface area contributed by atoms with Gasteiger partial charge in [0.1, 0.15) is 11.9 Å². The van der Waals surface area contributed by atoms with E-state index in [-0.39, 0.29) is 43.0 Å². The summed E-state index contributed by atoms with van der Waals surface area (Å²) in [5.41, 5.74) is 14.7. The molecule has 0 bridgehead atoms. The Kier molecular flexibility index (Phi) is 8.39. The number of carbonyl (C=O) groups excluding carboxylic acids is 4. The Morgan fingerprint density at radius 3 is 2.30 bits per heavy atom. The quantitative estimate of drug-likeness (QED) is 0.155. The number of nitrogens with two attached hydrogens (primary N) is 2.